The van der Waals surface area contributed by atoms with Crippen molar-refractivity contribution < 1.29 is 9.90 Å². The Kier molecular flexibility index (Phi) is 3.89. The fourth-order valence-electron chi connectivity index (χ4n) is 1.75. The highest BCUT2D eigenvalue weighted by Crippen LogP contribution is 2.14. The Hall–Kier alpha value is -2.24. The zero-order valence-corrected chi connectivity index (χ0v) is 10.9. The van der Waals surface area contributed by atoms with Gasteiger partial charge in [0.15, 0.2) is 0 Å². The van der Waals surface area contributed by atoms with Crippen LogP contribution in [0.25, 0.3) is 11.0 Å². The summed E-state index contributed by atoms with van der Waals surface area (Å²) in [5.41, 5.74) is 1.45. The Bertz CT molecular complexity index is 586. The van der Waals surface area contributed by atoms with Gasteiger partial charge in [-0.2, -0.15) is 0 Å². The number of hydrogen-bond acceptors (Lipinski definition) is 5. The molecule has 0 fully saturated rings. The first-order valence-corrected chi connectivity index (χ1v) is 6.14. The summed E-state index contributed by atoms with van der Waals surface area (Å²) in [6.07, 6.45) is 0.0217. The van der Waals surface area contributed by atoms with Gasteiger partial charge in [-0.3, -0.25) is 4.79 Å². The third-order valence-electron chi connectivity index (χ3n) is 2.87. The highest BCUT2D eigenvalue weighted by Gasteiger charge is 2.18. The van der Waals surface area contributed by atoms with Gasteiger partial charge in [-0.15, -0.1) is 10.2 Å². The first-order valence-electron chi connectivity index (χ1n) is 6.14. The Morgan fingerprint density at radius 3 is 2.58 bits per heavy atom. The molecule has 2 aromatic rings. The van der Waals surface area contributed by atoms with Crippen LogP contribution >= 0.6 is 0 Å². The van der Waals surface area contributed by atoms with E-state index in [-0.39, 0.29) is 18.4 Å². The molecule has 1 aromatic heterocycles. The first-order chi connectivity index (χ1) is 9.06. The van der Waals surface area contributed by atoms with E-state index >= 15 is 0 Å². The van der Waals surface area contributed by atoms with E-state index in [1.54, 1.807) is 0 Å². The van der Waals surface area contributed by atoms with Crippen molar-refractivity contribution in [2.75, 3.05) is 5.32 Å². The maximum Gasteiger partial charge on any atom is 0.305 e. The van der Waals surface area contributed by atoms with Crippen LogP contribution in [-0.4, -0.2) is 32.3 Å². The van der Waals surface area contributed by atoms with Crippen LogP contribution in [-0.2, 0) is 4.79 Å². The first kappa shape index (κ1) is 13.2. The van der Waals surface area contributed by atoms with Crippen molar-refractivity contribution in [3.63, 3.8) is 0 Å². The second-order valence-electron chi connectivity index (χ2n) is 4.72. The predicted molar refractivity (Wildman–Crippen MR) is 71.8 cm³/mol. The molecule has 0 saturated carbocycles. The molecule has 100 valence electrons. The zero-order valence-electron chi connectivity index (χ0n) is 10.9. The van der Waals surface area contributed by atoms with Crippen LogP contribution in [0.15, 0.2) is 24.3 Å². The molecular formula is C13H16N4O2. The summed E-state index contributed by atoms with van der Waals surface area (Å²) >= 11 is 0. The van der Waals surface area contributed by atoms with Gasteiger partial charge in [0.25, 0.3) is 0 Å². The molecule has 19 heavy (non-hydrogen) atoms. The van der Waals surface area contributed by atoms with Gasteiger partial charge in [-0.1, -0.05) is 26.0 Å². The highest BCUT2D eigenvalue weighted by molar-refractivity contribution is 5.74. The van der Waals surface area contributed by atoms with Gasteiger partial charge >= 0.3 is 5.97 Å². The number of nitrogens with one attached hydrogen (secondary N) is 1. The quantitative estimate of drug-likeness (QED) is 0.854. The van der Waals surface area contributed by atoms with Crippen molar-refractivity contribution in [3.8, 4) is 0 Å². The number of fused-ring (bicyclic) bond motifs is 1. The summed E-state index contributed by atoms with van der Waals surface area (Å²) < 4.78 is 0. The second-order valence-corrected chi connectivity index (χ2v) is 4.72. The second kappa shape index (κ2) is 5.60. The Labute approximate surface area is 110 Å². The van der Waals surface area contributed by atoms with Crippen LogP contribution in [0.3, 0.4) is 0 Å². The lowest BCUT2D eigenvalue weighted by molar-refractivity contribution is -0.137. The molecule has 0 amide bonds. The van der Waals surface area contributed by atoms with Crippen molar-refractivity contribution in [2.45, 2.75) is 26.3 Å². The van der Waals surface area contributed by atoms with Crippen LogP contribution in [0, 0.1) is 5.92 Å². The fraction of sp³-hybridized carbons (Fsp3) is 0.385. The van der Waals surface area contributed by atoms with Gasteiger partial charge in [0.2, 0.25) is 5.95 Å². The number of nitrogens with zero attached hydrogens (tertiary/aromatic N) is 3. The predicted octanol–water partition coefficient (Wildman–Crippen LogP) is 1.94. The number of para-hydroxylation sites is 1. The Morgan fingerprint density at radius 2 is 1.95 bits per heavy atom. The topological polar surface area (TPSA) is 88.0 Å². The van der Waals surface area contributed by atoms with E-state index in [0.717, 1.165) is 5.52 Å². The average molecular weight is 260 g/mol. The molecule has 0 bridgehead atoms. The van der Waals surface area contributed by atoms with Crippen molar-refractivity contribution in [2.24, 2.45) is 5.92 Å². The van der Waals surface area contributed by atoms with Crippen molar-refractivity contribution >= 4 is 23.0 Å². The molecule has 0 spiro atoms. The Balaban J connectivity index is 2.21. The molecule has 0 saturated heterocycles. The van der Waals surface area contributed by atoms with Crippen molar-refractivity contribution in [1.29, 1.82) is 0 Å². The molecule has 0 radical (unpaired) electrons. The fourth-order valence-corrected chi connectivity index (χ4v) is 1.75. The molecule has 6 nitrogen and oxygen atoms in total. The van der Waals surface area contributed by atoms with Gasteiger partial charge < -0.3 is 10.4 Å². The van der Waals surface area contributed by atoms with Crippen LogP contribution in [0.4, 0.5) is 5.95 Å². The molecule has 1 atom stereocenters. The summed E-state index contributed by atoms with van der Waals surface area (Å²) in [5, 5.41) is 19.9. The summed E-state index contributed by atoms with van der Waals surface area (Å²) in [6, 6.07) is 7.19. The van der Waals surface area contributed by atoms with Gasteiger partial charge in [-0.05, 0) is 18.1 Å². The van der Waals surface area contributed by atoms with E-state index in [0.29, 0.717) is 11.5 Å². The number of rotatable bonds is 5. The Morgan fingerprint density at radius 1 is 1.26 bits per heavy atom. The number of carboxylic acids is 1. The van der Waals surface area contributed by atoms with E-state index in [9.17, 15) is 4.79 Å². The number of carboxylic acid groups (broad SMARTS) is 1. The maximum absolute atomic E-state index is 10.8. The largest absolute Gasteiger partial charge is 0.481 e. The number of aliphatic carboxylic acids is 1. The molecule has 1 heterocycles. The lowest BCUT2D eigenvalue weighted by Gasteiger charge is -2.20. The van der Waals surface area contributed by atoms with E-state index in [4.69, 9.17) is 5.11 Å². The number of anilines is 1. The van der Waals surface area contributed by atoms with Gasteiger partial charge in [0.05, 0.1) is 11.9 Å². The number of carbonyl (C=O) groups is 1. The van der Waals surface area contributed by atoms with Crippen LogP contribution < -0.4 is 5.32 Å². The smallest absolute Gasteiger partial charge is 0.305 e. The monoisotopic (exact) mass is 260 g/mol. The zero-order chi connectivity index (χ0) is 13.8. The molecule has 1 aromatic carbocycles. The summed E-state index contributed by atoms with van der Waals surface area (Å²) in [5.74, 6) is -0.329. The van der Waals surface area contributed by atoms with Crippen LogP contribution in [0.5, 0.6) is 0 Å². The van der Waals surface area contributed by atoms with Crippen LogP contribution in [0.2, 0.25) is 0 Å². The van der Waals surface area contributed by atoms with Crippen LogP contribution in [0.1, 0.15) is 20.3 Å². The van der Waals surface area contributed by atoms with E-state index in [2.05, 4.69) is 20.5 Å². The molecular weight excluding hydrogens is 244 g/mol. The highest BCUT2D eigenvalue weighted by atomic mass is 16.4. The molecule has 2 N–H and O–H groups in total. The molecule has 0 aliphatic rings. The maximum atomic E-state index is 10.8. The minimum absolute atomic E-state index is 0.0217. The van der Waals surface area contributed by atoms with Crippen molar-refractivity contribution in [3.05, 3.63) is 24.3 Å². The third kappa shape index (κ3) is 3.37. The lowest BCUT2D eigenvalue weighted by Crippen LogP contribution is -2.29. The average Bonchev–Trinajstić information content (AvgIpc) is 2.37. The summed E-state index contributed by atoms with van der Waals surface area (Å²) in [4.78, 5) is 15.1. The van der Waals surface area contributed by atoms with Gasteiger partial charge in [-0.25, -0.2) is 4.98 Å². The third-order valence-corrected chi connectivity index (χ3v) is 2.87. The summed E-state index contributed by atoms with van der Waals surface area (Å²) in [6.45, 7) is 3.91. The summed E-state index contributed by atoms with van der Waals surface area (Å²) in [7, 11) is 0. The molecule has 0 aliphatic heterocycles. The molecule has 2 rings (SSSR count). The molecule has 1 unspecified atom stereocenters. The SMILES string of the molecule is CC(C)C(CC(=O)O)Nc1nnc2ccccc2n1. The minimum atomic E-state index is -0.847. The van der Waals surface area contributed by atoms with E-state index < -0.39 is 5.97 Å². The standard InChI is InChI=1S/C13H16N4O2/c1-8(2)11(7-12(18)19)15-13-14-9-5-3-4-6-10(9)16-17-13/h3-6,8,11H,7H2,1-2H3,(H,18,19)(H,14,15,17). The molecule has 6 heteroatoms. The van der Waals surface area contributed by atoms with Crippen molar-refractivity contribution in [1.82, 2.24) is 15.2 Å². The normalized spacial score (nSPS) is 12.6. The number of benzene rings is 1. The van der Waals surface area contributed by atoms with E-state index in [1.165, 1.54) is 0 Å². The minimum Gasteiger partial charge on any atom is -0.481 e. The van der Waals surface area contributed by atoms with Gasteiger partial charge in [0, 0.05) is 6.04 Å². The lowest BCUT2D eigenvalue weighted by atomic mass is 10.0. The number of aromatic nitrogens is 3. The van der Waals surface area contributed by atoms with Gasteiger partial charge in [0.1, 0.15) is 5.52 Å². The number of hydrogen-bond donors (Lipinski definition) is 2. The molecule has 0 aliphatic carbocycles. The van der Waals surface area contributed by atoms with E-state index in [1.807, 2.05) is 38.1 Å².